The van der Waals surface area contributed by atoms with Gasteiger partial charge in [-0.3, -0.25) is 9.89 Å². The van der Waals surface area contributed by atoms with Gasteiger partial charge in [0.15, 0.2) is 0 Å². The van der Waals surface area contributed by atoms with Crippen molar-refractivity contribution in [2.24, 2.45) is 5.10 Å². The van der Waals surface area contributed by atoms with Gasteiger partial charge < -0.3 is 4.98 Å². The van der Waals surface area contributed by atoms with Crippen molar-refractivity contribution in [2.75, 3.05) is 0 Å². The number of benzene rings is 3. The number of carbonyl (C=O) groups is 1. The van der Waals surface area contributed by atoms with Gasteiger partial charge >= 0.3 is 0 Å². The Morgan fingerprint density at radius 2 is 1.59 bits per heavy atom. The highest BCUT2D eigenvalue weighted by atomic mass is 16.2. The molecule has 3 N–H and O–H groups in total. The molecule has 3 aromatic carbocycles. The maximum absolute atomic E-state index is 12.5. The largest absolute Gasteiger partial charge is 0.358 e. The number of H-pyrrole nitrogens is 2. The first-order valence-corrected chi connectivity index (χ1v) is 10.3. The topological polar surface area (TPSA) is 85.9 Å². The quantitative estimate of drug-likeness (QED) is 0.267. The minimum atomic E-state index is -0.349. The zero-order valence-electron chi connectivity index (χ0n) is 17.5. The molecule has 0 saturated heterocycles. The molecule has 2 heterocycles. The van der Waals surface area contributed by atoms with Crippen molar-refractivity contribution in [3.8, 4) is 22.4 Å². The van der Waals surface area contributed by atoms with E-state index in [0.717, 1.165) is 38.9 Å². The van der Waals surface area contributed by atoms with E-state index in [0.29, 0.717) is 11.4 Å². The molecule has 6 nitrogen and oxygen atoms in total. The third kappa shape index (κ3) is 3.81. The lowest BCUT2D eigenvalue weighted by molar-refractivity contribution is 0.0950. The summed E-state index contributed by atoms with van der Waals surface area (Å²) in [5.41, 5.74) is 9.81. The summed E-state index contributed by atoms with van der Waals surface area (Å²) in [5.74, 6) is -0.349. The Bertz CT molecular complexity index is 1410. The Kier molecular flexibility index (Phi) is 5.09. The first-order valence-electron chi connectivity index (χ1n) is 10.3. The number of fused-ring (bicyclic) bond motifs is 1. The fourth-order valence-corrected chi connectivity index (χ4v) is 3.73. The third-order valence-corrected chi connectivity index (χ3v) is 5.41. The number of hydrogen-bond acceptors (Lipinski definition) is 3. The van der Waals surface area contributed by atoms with E-state index in [-0.39, 0.29) is 5.91 Å². The molecule has 2 aromatic heterocycles. The van der Waals surface area contributed by atoms with Gasteiger partial charge in [0.1, 0.15) is 5.69 Å². The zero-order valence-corrected chi connectivity index (χ0v) is 17.5. The maximum Gasteiger partial charge on any atom is 0.289 e. The van der Waals surface area contributed by atoms with Crippen LogP contribution in [0.3, 0.4) is 0 Å². The number of nitrogens with one attached hydrogen (secondary N) is 3. The van der Waals surface area contributed by atoms with Crippen molar-refractivity contribution in [2.45, 2.75) is 6.92 Å². The number of amides is 1. The van der Waals surface area contributed by atoms with Crippen LogP contribution in [-0.4, -0.2) is 27.3 Å². The maximum atomic E-state index is 12.5. The summed E-state index contributed by atoms with van der Waals surface area (Å²) in [6, 6.07) is 28.0. The highest BCUT2D eigenvalue weighted by Crippen LogP contribution is 2.24. The molecular formula is C26H21N5O. The van der Waals surface area contributed by atoms with E-state index >= 15 is 0 Å². The Morgan fingerprint density at radius 1 is 0.906 bits per heavy atom. The highest BCUT2D eigenvalue weighted by Gasteiger charge is 2.11. The van der Waals surface area contributed by atoms with Gasteiger partial charge in [-0.15, -0.1) is 0 Å². The standard InChI is InChI=1S/C26H21N5O/c1-17-22(21-9-5-6-10-23(21)28-17)16-27-31-26(32)25-15-24(29-30-25)20-13-11-19(12-14-20)18-7-3-2-4-8-18/h2-16,28H,1H3,(H,29,30)(H,31,32)/b27-16-. The van der Waals surface area contributed by atoms with Crippen LogP contribution in [0.2, 0.25) is 0 Å². The van der Waals surface area contributed by atoms with Crippen molar-refractivity contribution in [1.29, 1.82) is 0 Å². The number of para-hydroxylation sites is 1. The van der Waals surface area contributed by atoms with Crippen molar-refractivity contribution < 1.29 is 4.79 Å². The van der Waals surface area contributed by atoms with Crippen LogP contribution in [0.25, 0.3) is 33.3 Å². The molecule has 0 aliphatic rings. The summed E-state index contributed by atoms with van der Waals surface area (Å²) in [5, 5.41) is 12.3. The third-order valence-electron chi connectivity index (χ3n) is 5.41. The number of hydrazone groups is 1. The van der Waals surface area contributed by atoms with Crippen molar-refractivity contribution >= 4 is 23.0 Å². The van der Waals surface area contributed by atoms with Crippen LogP contribution in [0.4, 0.5) is 0 Å². The molecule has 5 rings (SSSR count). The van der Waals surface area contributed by atoms with Gasteiger partial charge in [-0.1, -0.05) is 72.8 Å². The lowest BCUT2D eigenvalue weighted by Crippen LogP contribution is -2.18. The number of aromatic amines is 2. The van der Waals surface area contributed by atoms with Crippen LogP contribution < -0.4 is 5.43 Å². The van der Waals surface area contributed by atoms with Crippen LogP contribution in [0.5, 0.6) is 0 Å². The van der Waals surface area contributed by atoms with Crippen LogP contribution in [0.15, 0.2) is 90.0 Å². The summed E-state index contributed by atoms with van der Waals surface area (Å²) < 4.78 is 0. The summed E-state index contributed by atoms with van der Waals surface area (Å²) >= 11 is 0. The van der Waals surface area contributed by atoms with Crippen LogP contribution >= 0.6 is 0 Å². The van der Waals surface area contributed by atoms with E-state index in [1.165, 1.54) is 0 Å². The smallest absolute Gasteiger partial charge is 0.289 e. The van der Waals surface area contributed by atoms with E-state index in [9.17, 15) is 4.79 Å². The van der Waals surface area contributed by atoms with Crippen LogP contribution in [0, 0.1) is 6.92 Å². The Balaban J connectivity index is 1.28. The number of carbonyl (C=O) groups excluding carboxylic acids is 1. The van der Waals surface area contributed by atoms with E-state index < -0.39 is 0 Å². The van der Waals surface area contributed by atoms with Gasteiger partial charge in [-0.2, -0.15) is 10.2 Å². The minimum Gasteiger partial charge on any atom is -0.358 e. The van der Waals surface area contributed by atoms with Gasteiger partial charge in [-0.25, -0.2) is 5.43 Å². The summed E-state index contributed by atoms with van der Waals surface area (Å²) in [4.78, 5) is 15.8. The molecule has 0 radical (unpaired) electrons. The molecule has 0 saturated carbocycles. The Labute approximate surface area is 185 Å². The normalized spacial score (nSPS) is 11.3. The molecule has 32 heavy (non-hydrogen) atoms. The molecule has 0 spiro atoms. The zero-order chi connectivity index (χ0) is 21.9. The molecule has 0 bridgehead atoms. The molecule has 6 heteroatoms. The van der Waals surface area contributed by atoms with E-state index in [1.807, 2.05) is 73.7 Å². The molecule has 156 valence electrons. The lowest BCUT2D eigenvalue weighted by Gasteiger charge is -2.02. The van der Waals surface area contributed by atoms with Crippen molar-refractivity contribution in [3.63, 3.8) is 0 Å². The molecule has 1 amide bonds. The van der Waals surface area contributed by atoms with Crippen LogP contribution in [0.1, 0.15) is 21.7 Å². The molecule has 0 aliphatic heterocycles. The average Bonchev–Trinajstić information content (AvgIpc) is 3.45. The van der Waals surface area contributed by atoms with E-state index in [1.54, 1.807) is 12.3 Å². The number of rotatable bonds is 5. The summed E-state index contributed by atoms with van der Waals surface area (Å²) in [6.45, 7) is 1.98. The molecule has 0 fully saturated rings. The van der Waals surface area contributed by atoms with Crippen molar-refractivity contribution in [1.82, 2.24) is 20.6 Å². The van der Waals surface area contributed by atoms with Gasteiger partial charge in [0.2, 0.25) is 0 Å². The van der Waals surface area contributed by atoms with E-state index in [4.69, 9.17) is 0 Å². The number of aryl methyl sites for hydroxylation is 1. The fourth-order valence-electron chi connectivity index (χ4n) is 3.73. The molecule has 5 aromatic rings. The monoisotopic (exact) mass is 419 g/mol. The minimum absolute atomic E-state index is 0.347. The van der Waals surface area contributed by atoms with Gasteiger partial charge in [0, 0.05) is 27.7 Å². The Hall–Kier alpha value is -4.45. The predicted octanol–water partition coefficient (Wildman–Crippen LogP) is 5.30. The SMILES string of the molecule is Cc1[nH]c2ccccc2c1/C=N\NC(=O)c1cc(-c2ccc(-c3ccccc3)cc2)n[nH]1. The number of aromatic nitrogens is 3. The predicted molar refractivity (Wildman–Crippen MR) is 128 cm³/mol. The van der Waals surface area contributed by atoms with Gasteiger partial charge in [0.05, 0.1) is 11.9 Å². The molecular weight excluding hydrogens is 398 g/mol. The second kappa shape index (κ2) is 8.35. The summed E-state index contributed by atoms with van der Waals surface area (Å²) in [7, 11) is 0. The fraction of sp³-hybridized carbons (Fsp3) is 0.0385. The van der Waals surface area contributed by atoms with Gasteiger partial charge in [0.25, 0.3) is 5.91 Å². The van der Waals surface area contributed by atoms with Crippen molar-refractivity contribution in [3.05, 3.63) is 102 Å². The van der Waals surface area contributed by atoms with E-state index in [2.05, 4.69) is 37.8 Å². The summed E-state index contributed by atoms with van der Waals surface area (Å²) in [6.07, 6.45) is 1.66. The molecule has 0 atom stereocenters. The number of hydrogen-bond donors (Lipinski definition) is 3. The number of nitrogens with zero attached hydrogens (tertiary/aromatic N) is 2. The second-order valence-electron chi connectivity index (χ2n) is 7.52. The highest BCUT2D eigenvalue weighted by molar-refractivity contribution is 6.01. The molecule has 0 aliphatic carbocycles. The molecule has 0 unspecified atom stereocenters. The van der Waals surface area contributed by atoms with Crippen LogP contribution in [-0.2, 0) is 0 Å². The van der Waals surface area contributed by atoms with Gasteiger partial charge in [-0.05, 0) is 30.2 Å². The second-order valence-corrected chi connectivity index (χ2v) is 7.52. The lowest BCUT2D eigenvalue weighted by atomic mass is 10.0. The average molecular weight is 419 g/mol. The first-order chi connectivity index (χ1) is 15.7. The first kappa shape index (κ1) is 19.5. The Morgan fingerprint density at radius 3 is 2.41 bits per heavy atom.